The summed E-state index contributed by atoms with van der Waals surface area (Å²) >= 11 is 7.42. The second-order valence-electron chi connectivity index (χ2n) is 4.03. The zero-order chi connectivity index (χ0) is 14.1. The Morgan fingerprint density at radius 2 is 2.15 bits per heavy atom. The molecule has 0 aliphatic rings. The highest BCUT2D eigenvalue weighted by molar-refractivity contribution is 7.99. The number of nitrogen functional groups attached to an aromatic ring is 1. The number of nitrogens with one attached hydrogen (secondary N) is 1. The zero-order valence-corrected chi connectivity index (χ0v) is 11.7. The minimum Gasteiger partial charge on any atom is -0.398 e. The van der Waals surface area contributed by atoms with Gasteiger partial charge in [-0.1, -0.05) is 23.4 Å². The maximum absolute atomic E-state index is 11.7. The summed E-state index contributed by atoms with van der Waals surface area (Å²) < 4.78 is 0. The van der Waals surface area contributed by atoms with Gasteiger partial charge in [0.25, 0.3) is 5.56 Å². The van der Waals surface area contributed by atoms with Gasteiger partial charge in [-0.05, 0) is 24.3 Å². The lowest BCUT2D eigenvalue weighted by atomic mass is 10.2. The largest absolute Gasteiger partial charge is 0.398 e. The molecule has 0 aliphatic carbocycles. The third kappa shape index (κ3) is 2.35. The average Bonchev–Trinajstić information content (AvgIpc) is 2.43. The van der Waals surface area contributed by atoms with Crippen molar-refractivity contribution in [2.45, 2.75) is 9.92 Å². The quantitative estimate of drug-likeness (QED) is 0.711. The van der Waals surface area contributed by atoms with Crippen molar-refractivity contribution in [1.82, 2.24) is 15.0 Å². The van der Waals surface area contributed by atoms with Gasteiger partial charge < -0.3 is 10.7 Å². The number of benzene rings is 1. The van der Waals surface area contributed by atoms with Gasteiger partial charge in [0.2, 0.25) is 0 Å². The van der Waals surface area contributed by atoms with Crippen molar-refractivity contribution in [1.29, 1.82) is 0 Å². The van der Waals surface area contributed by atoms with Crippen LogP contribution in [0.2, 0.25) is 5.02 Å². The SMILES string of the molecule is Nc1cc2c(=O)[nH]cnc2cc1Sc1ncccc1Cl. The minimum absolute atomic E-state index is 0.214. The van der Waals surface area contributed by atoms with Crippen LogP contribution >= 0.6 is 23.4 Å². The van der Waals surface area contributed by atoms with E-state index in [0.717, 1.165) is 4.90 Å². The lowest BCUT2D eigenvalue weighted by molar-refractivity contribution is 1.13. The van der Waals surface area contributed by atoms with E-state index in [1.165, 1.54) is 18.1 Å². The van der Waals surface area contributed by atoms with Crippen LogP contribution in [0.15, 0.2) is 51.5 Å². The molecule has 3 rings (SSSR count). The van der Waals surface area contributed by atoms with Crippen LogP contribution < -0.4 is 11.3 Å². The van der Waals surface area contributed by atoms with Crippen molar-refractivity contribution in [2.24, 2.45) is 0 Å². The number of nitrogens with two attached hydrogens (primary N) is 1. The van der Waals surface area contributed by atoms with Crippen LogP contribution in [0.3, 0.4) is 0 Å². The number of nitrogens with zero attached hydrogens (tertiary/aromatic N) is 2. The van der Waals surface area contributed by atoms with Crippen LogP contribution in [-0.4, -0.2) is 15.0 Å². The van der Waals surface area contributed by atoms with E-state index in [2.05, 4.69) is 15.0 Å². The number of anilines is 1. The first-order valence-electron chi connectivity index (χ1n) is 5.70. The van der Waals surface area contributed by atoms with Gasteiger partial charge in [-0.3, -0.25) is 4.79 Å². The molecule has 0 fully saturated rings. The number of aromatic nitrogens is 3. The molecule has 2 heterocycles. The van der Waals surface area contributed by atoms with E-state index in [0.29, 0.717) is 26.6 Å². The molecule has 1 aromatic carbocycles. The second-order valence-corrected chi connectivity index (χ2v) is 5.47. The lowest BCUT2D eigenvalue weighted by Gasteiger charge is -2.07. The second kappa shape index (κ2) is 5.15. The number of halogens is 1. The Kier molecular flexibility index (Phi) is 3.33. The molecule has 100 valence electrons. The number of aromatic amines is 1. The van der Waals surface area contributed by atoms with E-state index >= 15 is 0 Å². The highest BCUT2D eigenvalue weighted by Gasteiger charge is 2.10. The predicted molar refractivity (Wildman–Crippen MR) is 80.1 cm³/mol. The van der Waals surface area contributed by atoms with Gasteiger partial charge in [-0.2, -0.15) is 0 Å². The van der Waals surface area contributed by atoms with Gasteiger partial charge in [0.15, 0.2) is 0 Å². The third-order valence-electron chi connectivity index (χ3n) is 2.70. The van der Waals surface area contributed by atoms with Gasteiger partial charge in [-0.25, -0.2) is 9.97 Å². The first-order chi connectivity index (χ1) is 9.65. The molecule has 7 heteroatoms. The molecule has 0 amide bonds. The van der Waals surface area contributed by atoms with E-state index in [1.54, 1.807) is 30.5 Å². The summed E-state index contributed by atoms with van der Waals surface area (Å²) in [7, 11) is 0. The van der Waals surface area contributed by atoms with Crippen LogP contribution in [0.5, 0.6) is 0 Å². The molecule has 0 aliphatic heterocycles. The summed E-state index contributed by atoms with van der Waals surface area (Å²) in [6, 6.07) is 6.89. The molecule has 2 aromatic heterocycles. The molecule has 0 unspecified atom stereocenters. The fourth-order valence-electron chi connectivity index (χ4n) is 1.75. The van der Waals surface area contributed by atoms with Crippen LogP contribution in [0.25, 0.3) is 10.9 Å². The fourth-order valence-corrected chi connectivity index (χ4v) is 2.82. The summed E-state index contributed by atoms with van der Waals surface area (Å²) in [5, 5.41) is 1.67. The molecule has 3 aromatic rings. The van der Waals surface area contributed by atoms with E-state index in [9.17, 15) is 4.79 Å². The van der Waals surface area contributed by atoms with Crippen molar-refractivity contribution in [2.75, 3.05) is 5.73 Å². The van der Waals surface area contributed by atoms with E-state index < -0.39 is 0 Å². The smallest absolute Gasteiger partial charge is 0.258 e. The van der Waals surface area contributed by atoms with E-state index in [4.69, 9.17) is 17.3 Å². The molecule has 0 radical (unpaired) electrons. The number of hydrogen-bond donors (Lipinski definition) is 2. The Labute approximate surface area is 123 Å². The maximum atomic E-state index is 11.7. The molecular formula is C13H9ClN4OS. The monoisotopic (exact) mass is 304 g/mol. The van der Waals surface area contributed by atoms with Gasteiger partial charge in [0.05, 0.1) is 22.3 Å². The van der Waals surface area contributed by atoms with Crippen LogP contribution in [0.1, 0.15) is 0 Å². The first-order valence-corrected chi connectivity index (χ1v) is 6.90. The number of fused-ring (bicyclic) bond motifs is 1. The Morgan fingerprint density at radius 1 is 1.30 bits per heavy atom. The van der Waals surface area contributed by atoms with E-state index in [-0.39, 0.29) is 5.56 Å². The minimum atomic E-state index is -0.214. The highest BCUT2D eigenvalue weighted by atomic mass is 35.5. The number of H-pyrrole nitrogens is 1. The number of hydrogen-bond acceptors (Lipinski definition) is 5. The standard InChI is InChI=1S/C13H9ClN4OS/c14-8-2-1-3-16-13(8)20-11-5-10-7(4-9(11)15)12(19)18-6-17-10/h1-6H,15H2,(H,17,18,19). The molecule has 0 bridgehead atoms. The predicted octanol–water partition coefficient (Wildman–Crippen LogP) is 2.70. The summed E-state index contributed by atoms with van der Waals surface area (Å²) in [5.41, 5.74) is 6.84. The number of rotatable bonds is 2. The molecular weight excluding hydrogens is 296 g/mol. The molecule has 0 spiro atoms. The average molecular weight is 305 g/mol. The maximum Gasteiger partial charge on any atom is 0.258 e. The topological polar surface area (TPSA) is 84.7 Å². The van der Waals surface area contributed by atoms with Gasteiger partial charge in [0.1, 0.15) is 5.03 Å². The van der Waals surface area contributed by atoms with Crippen molar-refractivity contribution in [3.8, 4) is 0 Å². The molecule has 5 nitrogen and oxygen atoms in total. The van der Waals surface area contributed by atoms with Gasteiger partial charge in [0, 0.05) is 16.8 Å². The van der Waals surface area contributed by atoms with Crippen LogP contribution in [0.4, 0.5) is 5.69 Å². The normalized spacial score (nSPS) is 10.8. The molecule has 20 heavy (non-hydrogen) atoms. The summed E-state index contributed by atoms with van der Waals surface area (Å²) in [5.74, 6) is 0. The van der Waals surface area contributed by atoms with Crippen LogP contribution in [-0.2, 0) is 0 Å². The third-order valence-corrected chi connectivity index (χ3v) is 4.21. The van der Waals surface area contributed by atoms with E-state index in [1.807, 2.05) is 0 Å². The zero-order valence-electron chi connectivity index (χ0n) is 10.1. The Morgan fingerprint density at radius 3 is 2.95 bits per heavy atom. The first kappa shape index (κ1) is 13.0. The van der Waals surface area contributed by atoms with Gasteiger partial charge in [-0.15, -0.1) is 0 Å². The van der Waals surface area contributed by atoms with Crippen molar-refractivity contribution in [3.05, 3.63) is 52.2 Å². The molecule has 3 N–H and O–H groups in total. The molecule has 0 saturated carbocycles. The number of pyridine rings is 1. The summed E-state index contributed by atoms with van der Waals surface area (Å²) in [4.78, 5) is 23.3. The van der Waals surface area contributed by atoms with Crippen molar-refractivity contribution >= 4 is 40.0 Å². The van der Waals surface area contributed by atoms with Gasteiger partial charge >= 0.3 is 0 Å². The Balaban J connectivity index is 2.11. The highest BCUT2D eigenvalue weighted by Crippen LogP contribution is 2.35. The van der Waals surface area contributed by atoms with Crippen LogP contribution in [0, 0.1) is 0 Å². The fraction of sp³-hybridized carbons (Fsp3) is 0. The molecule has 0 saturated heterocycles. The van der Waals surface area contributed by atoms with Crippen molar-refractivity contribution < 1.29 is 0 Å². The lowest BCUT2D eigenvalue weighted by Crippen LogP contribution is -2.07. The Hall–Kier alpha value is -2.05. The van der Waals surface area contributed by atoms with Crippen molar-refractivity contribution in [3.63, 3.8) is 0 Å². The molecule has 0 atom stereocenters. The summed E-state index contributed by atoms with van der Waals surface area (Å²) in [6.45, 7) is 0. The Bertz CT molecular complexity index is 849. The summed E-state index contributed by atoms with van der Waals surface area (Å²) in [6.07, 6.45) is 3.03.